The number of nitrogens with two attached hydrogens (primary N) is 1. The first kappa shape index (κ1) is 13.0. The highest BCUT2D eigenvalue weighted by atomic mass is 79.9. The Balaban J connectivity index is 2.17. The van der Waals surface area contributed by atoms with Crippen LogP contribution in [0.3, 0.4) is 0 Å². The second-order valence-electron chi connectivity index (χ2n) is 4.37. The van der Waals surface area contributed by atoms with E-state index in [2.05, 4.69) is 21.1 Å². The third-order valence-corrected chi connectivity index (χ3v) is 3.80. The summed E-state index contributed by atoms with van der Waals surface area (Å²) in [5, 5.41) is 4.04. The molecule has 0 saturated carbocycles. The van der Waals surface area contributed by atoms with Gasteiger partial charge in [0.15, 0.2) is 11.5 Å². The highest BCUT2D eigenvalue weighted by molar-refractivity contribution is 9.10. The van der Waals surface area contributed by atoms with E-state index in [0.717, 1.165) is 27.8 Å². The van der Waals surface area contributed by atoms with Gasteiger partial charge >= 0.3 is 0 Å². The van der Waals surface area contributed by atoms with Gasteiger partial charge < -0.3 is 14.7 Å². The minimum atomic E-state index is 0.279. The Morgan fingerprint density at radius 3 is 2.70 bits per heavy atom. The van der Waals surface area contributed by atoms with Gasteiger partial charge in [0.1, 0.15) is 5.76 Å². The van der Waals surface area contributed by atoms with Crippen LogP contribution in [-0.2, 0) is 6.42 Å². The summed E-state index contributed by atoms with van der Waals surface area (Å²) in [6, 6.07) is 11.6. The summed E-state index contributed by atoms with van der Waals surface area (Å²) in [5.74, 6) is 1.84. The maximum atomic E-state index is 5.93. The van der Waals surface area contributed by atoms with Crippen LogP contribution in [0.25, 0.3) is 22.6 Å². The molecule has 0 saturated heterocycles. The Hall–Kier alpha value is -2.01. The number of nitrogen functional groups attached to an aromatic ring is 1. The summed E-state index contributed by atoms with van der Waals surface area (Å²) >= 11 is 3.52. The fraction of sp³-hybridized carbons (Fsp3) is 0.133. The van der Waals surface area contributed by atoms with Crippen molar-refractivity contribution in [1.29, 1.82) is 0 Å². The lowest BCUT2D eigenvalue weighted by atomic mass is 10.0. The Morgan fingerprint density at radius 2 is 2.00 bits per heavy atom. The van der Waals surface area contributed by atoms with Gasteiger partial charge in [0.25, 0.3) is 0 Å². The Kier molecular flexibility index (Phi) is 3.36. The Labute approximate surface area is 124 Å². The first-order valence-electron chi connectivity index (χ1n) is 6.29. The molecule has 5 heteroatoms. The zero-order valence-corrected chi connectivity index (χ0v) is 12.5. The van der Waals surface area contributed by atoms with Gasteiger partial charge in [-0.15, -0.1) is 0 Å². The fourth-order valence-corrected chi connectivity index (χ4v) is 2.57. The third-order valence-electron chi connectivity index (χ3n) is 3.11. The number of aromatic nitrogens is 1. The topological polar surface area (TPSA) is 65.2 Å². The lowest BCUT2D eigenvalue weighted by molar-refractivity contribution is 0.434. The molecule has 0 atom stereocenters. The zero-order valence-electron chi connectivity index (χ0n) is 10.9. The molecule has 0 spiro atoms. The first-order valence-corrected chi connectivity index (χ1v) is 7.09. The molecule has 2 heterocycles. The summed E-state index contributed by atoms with van der Waals surface area (Å²) in [6.45, 7) is 2.04. The van der Waals surface area contributed by atoms with Gasteiger partial charge in [0.05, 0.1) is 5.56 Å². The number of hydrogen-bond donors (Lipinski definition) is 1. The average Bonchev–Trinajstić information content (AvgIpc) is 3.06. The number of anilines is 1. The van der Waals surface area contributed by atoms with Gasteiger partial charge in [0.2, 0.25) is 5.88 Å². The van der Waals surface area contributed by atoms with E-state index in [1.165, 1.54) is 0 Å². The molecule has 2 aromatic heterocycles. The molecular weight excluding hydrogens is 320 g/mol. The van der Waals surface area contributed by atoms with E-state index < -0.39 is 0 Å². The zero-order chi connectivity index (χ0) is 14.1. The van der Waals surface area contributed by atoms with Gasteiger partial charge in [-0.1, -0.05) is 46.2 Å². The van der Waals surface area contributed by atoms with Crippen LogP contribution in [0.1, 0.15) is 12.7 Å². The van der Waals surface area contributed by atoms with Crippen LogP contribution in [0, 0.1) is 0 Å². The highest BCUT2D eigenvalue weighted by Crippen LogP contribution is 2.39. The van der Waals surface area contributed by atoms with Crippen molar-refractivity contribution >= 4 is 21.8 Å². The molecular formula is C15H13BrN2O2. The predicted molar refractivity (Wildman–Crippen MR) is 81.1 cm³/mol. The molecule has 0 aliphatic rings. The number of furan rings is 1. The maximum Gasteiger partial charge on any atom is 0.230 e. The SMILES string of the molecule is CCc1ccc(-c2noc(N)c2-c2ccccc2Br)o1. The normalized spacial score (nSPS) is 10.9. The molecule has 0 fully saturated rings. The van der Waals surface area contributed by atoms with E-state index in [9.17, 15) is 0 Å². The molecule has 20 heavy (non-hydrogen) atoms. The summed E-state index contributed by atoms with van der Waals surface area (Å²) < 4.78 is 11.8. The van der Waals surface area contributed by atoms with Crippen LogP contribution < -0.4 is 5.73 Å². The molecule has 2 N–H and O–H groups in total. The van der Waals surface area contributed by atoms with Crippen molar-refractivity contribution in [3.8, 4) is 22.6 Å². The van der Waals surface area contributed by atoms with Gasteiger partial charge in [-0.25, -0.2) is 0 Å². The molecule has 102 valence electrons. The van der Waals surface area contributed by atoms with Crippen molar-refractivity contribution in [2.45, 2.75) is 13.3 Å². The van der Waals surface area contributed by atoms with Crippen molar-refractivity contribution in [2.75, 3.05) is 5.73 Å². The Morgan fingerprint density at radius 1 is 1.20 bits per heavy atom. The largest absolute Gasteiger partial charge is 0.459 e. The number of aryl methyl sites for hydroxylation is 1. The van der Waals surface area contributed by atoms with Crippen LogP contribution in [0.4, 0.5) is 5.88 Å². The summed E-state index contributed by atoms with van der Waals surface area (Å²) in [6.07, 6.45) is 0.831. The van der Waals surface area contributed by atoms with E-state index in [1.54, 1.807) is 0 Å². The molecule has 4 nitrogen and oxygen atoms in total. The molecule has 0 unspecified atom stereocenters. The summed E-state index contributed by atoms with van der Waals surface area (Å²) in [4.78, 5) is 0. The van der Waals surface area contributed by atoms with E-state index >= 15 is 0 Å². The minimum Gasteiger partial charge on any atom is -0.459 e. The fourth-order valence-electron chi connectivity index (χ4n) is 2.09. The molecule has 0 aliphatic heterocycles. The number of benzene rings is 1. The Bertz CT molecular complexity index is 746. The second-order valence-corrected chi connectivity index (χ2v) is 5.22. The number of halogens is 1. The average molecular weight is 333 g/mol. The van der Waals surface area contributed by atoms with E-state index in [1.807, 2.05) is 43.3 Å². The molecule has 0 radical (unpaired) electrons. The molecule has 3 rings (SSSR count). The molecule has 0 amide bonds. The second kappa shape index (κ2) is 5.17. The third kappa shape index (κ3) is 2.14. The van der Waals surface area contributed by atoms with Crippen molar-refractivity contribution < 1.29 is 8.94 Å². The number of rotatable bonds is 3. The smallest absolute Gasteiger partial charge is 0.230 e. The molecule has 3 aromatic rings. The van der Waals surface area contributed by atoms with Gasteiger partial charge in [-0.2, -0.15) is 0 Å². The van der Waals surface area contributed by atoms with Crippen LogP contribution in [0.5, 0.6) is 0 Å². The van der Waals surface area contributed by atoms with E-state index in [0.29, 0.717) is 11.5 Å². The molecule has 1 aromatic carbocycles. The summed E-state index contributed by atoms with van der Waals surface area (Å²) in [5.41, 5.74) is 8.22. The van der Waals surface area contributed by atoms with Crippen molar-refractivity contribution in [3.63, 3.8) is 0 Å². The van der Waals surface area contributed by atoms with Crippen LogP contribution in [-0.4, -0.2) is 5.16 Å². The van der Waals surface area contributed by atoms with E-state index in [4.69, 9.17) is 14.7 Å². The highest BCUT2D eigenvalue weighted by Gasteiger charge is 2.21. The van der Waals surface area contributed by atoms with Gasteiger partial charge in [0, 0.05) is 16.5 Å². The van der Waals surface area contributed by atoms with Crippen molar-refractivity contribution in [3.05, 3.63) is 46.6 Å². The van der Waals surface area contributed by atoms with Gasteiger partial charge in [-0.05, 0) is 18.2 Å². The molecule has 0 aliphatic carbocycles. The monoisotopic (exact) mass is 332 g/mol. The van der Waals surface area contributed by atoms with Crippen molar-refractivity contribution in [1.82, 2.24) is 5.16 Å². The standard InChI is InChI=1S/C15H13BrN2O2/c1-2-9-7-8-12(19-9)14-13(15(17)20-18-14)10-5-3-4-6-11(10)16/h3-8H,2,17H2,1H3. The van der Waals surface area contributed by atoms with Crippen LogP contribution >= 0.6 is 15.9 Å². The predicted octanol–water partition coefficient (Wildman–Crippen LogP) is 4.51. The number of nitrogens with zero attached hydrogens (tertiary/aromatic N) is 1. The van der Waals surface area contributed by atoms with Crippen molar-refractivity contribution in [2.24, 2.45) is 0 Å². The maximum absolute atomic E-state index is 5.93. The van der Waals surface area contributed by atoms with Gasteiger partial charge in [-0.3, -0.25) is 0 Å². The lowest BCUT2D eigenvalue weighted by Crippen LogP contribution is -1.88. The molecule has 0 bridgehead atoms. The van der Waals surface area contributed by atoms with Crippen LogP contribution in [0.2, 0.25) is 0 Å². The lowest BCUT2D eigenvalue weighted by Gasteiger charge is -2.03. The summed E-state index contributed by atoms with van der Waals surface area (Å²) in [7, 11) is 0. The van der Waals surface area contributed by atoms with Crippen LogP contribution in [0.15, 0.2) is 49.8 Å². The minimum absolute atomic E-state index is 0.279. The number of hydrogen-bond acceptors (Lipinski definition) is 4. The quantitative estimate of drug-likeness (QED) is 0.766. The van der Waals surface area contributed by atoms with E-state index in [-0.39, 0.29) is 5.88 Å². The first-order chi connectivity index (χ1) is 9.70.